The van der Waals surface area contributed by atoms with Crippen LogP contribution in [0.15, 0.2) is 42.4 Å². The third-order valence-corrected chi connectivity index (χ3v) is 11.5. The maximum absolute atomic E-state index is 16.9. The topological polar surface area (TPSA) is 122 Å². The van der Waals surface area contributed by atoms with Crippen molar-refractivity contribution in [3.63, 3.8) is 0 Å². The number of hydrogen-bond donors (Lipinski definition) is 2. The second-order valence-electron chi connectivity index (χ2n) is 14.7. The van der Waals surface area contributed by atoms with Crippen molar-refractivity contribution in [1.29, 1.82) is 0 Å². The Hall–Kier alpha value is -4.70. The molecule has 284 valence electrons. The number of aromatic nitrogens is 4. The van der Waals surface area contributed by atoms with Gasteiger partial charge in [0.2, 0.25) is 0 Å². The van der Waals surface area contributed by atoms with Gasteiger partial charge in [0.15, 0.2) is 11.6 Å². The largest absolute Gasteiger partial charge is 0.461 e. The van der Waals surface area contributed by atoms with Crippen LogP contribution >= 0.6 is 11.6 Å². The van der Waals surface area contributed by atoms with Gasteiger partial charge in [0.05, 0.1) is 38.6 Å². The fourth-order valence-corrected chi connectivity index (χ4v) is 9.15. The van der Waals surface area contributed by atoms with Gasteiger partial charge >= 0.3 is 12.2 Å². The van der Waals surface area contributed by atoms with Crippen LogP contribution in [0.4, 0.5) is 38.0 Å². The zero-order valence-electron chi connectivity index (χ0n) is 29.0. The number of halogens is 7. The summed E-state index contributed by atoms with van der Waals surface area (Å²) in [6.07, 6.45) is -0.232. The van der Waals surface area contributed by atoms with Gasteiger partial charge in [-0.3, -0.25) is 14.7 Å². The Morgan fingerprint density at radius 1 is 1.19 bits per heavy atom. The van der Waals surface area contributed by atoms with Gasteiger partial charge in [-0.2, -0.15) is 23.1 Å². The number of ether oxygens (including phenoxy) is 1. The summed E-state index contributed by atoms with van der Waals surface area (Å²) in [6.45, 7) is 2.29. The summed E-state index contributed by atoms with van der Waals surface area (Å²) in [6, 6.07) is 6.69. The molecule has 4 fully saturated rings. The third-order valence-electron chi connectivity index (χ3n) is 11.2. The van der Waals surface area contributed by atoms with Gasteiger partial charge in [-0.1, -0.05) is 17.7 Å². The molecular weight excluding hydrogens is 738 g/mol. The van der Waals surface area contributed by atoms with Crippen molar-refractivity contribution in [3.8, 4) is 17.3 Å². The number of nitrogens with one attached hydrogen (secondary N) is 1. The fourth-order valence-electron chi connectivity index (χ4n) is 8.87. The Bertz CT molecular complexity index is 2190. The predicted molar refractivity (Wildman–Crippen MR) is 190 cm³/mol. The molecule has 3 saturated heterocycles. The second kappa shape index (κ2) is 13.3. The molecule has 8 rings (SSSR count). The molecule has 4 atom stereocenters. The normalized spacial score (nSPS) is 25.5. The minimum atomic E-state index is -4.93. The number of anilines is 2. The Balaban J connectivity index is 1.21. The van der Waals surface area contributed by atoms with E-state index in [1.165, 1.54) is 19.2 Å². The van der Waals surface area contributed by atoms with Gasteiger partial charge in [-0.15, -0.1) is 0 Å². The number of nitrogen functional groups attached to an aromatic ring is 1. The minimum Gasteiger partial charge on any atom is -0.461 e. The van der Waals surface area contributed by atoms with Crippen LogP contribution in [0.25, 0.3) is 28.2 Å². The van der Waals surface area contributed by atoms with E-state index in [9.17, 15) is 22.4 Å². The Kier molecular flexibility index (Phi) is 8.90. The lowest BCUT2D eigenvalue weighted by Crippen LogP contribution is -2.51. The van der Waals surface area contributed by atoms with E-state index in [4.69, 9.17) is 27.1 Å². The lowest BCUT2D eigenvalue weighted by atomic mass is 9.95. The van der Waals surface area contributed by atoms with E-state index in [1.807, 2.05) is 9.80 Å². The number of carbonyl (C=O) groups excluding carboxylic acids is 1. The number of carbonyl (C=O) groups is 1. The number of benzene rings is 1. The van der Waals surface area contributed by atoms with Crippen LogP contribution in [-0.4, -0.2) is 80.3 Å². The Morgan fingerprint density at radius 3 is 2.76 bits per heavy atom. The molecule has 2 unspecified atom stereocenters. The average Bonchev–Trinajstić information content (AvgIpc) is 3.86. The van der Waals surface area contributed by atoms with Crippen LogP contribution in [0.1, 0.15) is 55.3 Å². The molecule has 4 aromatic rings. The SMILES string of the molecule is Cc1cc(N)nc(-c2c(Cl)cc3c(N4C[C@]5(NC(=O)/C(F)=C/c6ccccn6)CC[C@H]4C5)nc(OCC45CCCN4CC(F)C5)nc3c2F)c1C(F)(F)F. The van der Waals surface area contributed by atoms with Crippen LogP contribution in [0, 0.1) is 12.7 Å². The zero-order valence-corrected chi connectivity index (χ0v) is 29.7. The summed E-state index contributed by atoms with van der Waals surface area (Å²) >= 11 is 6.64. The number of fused-ring (bicyclic) bond motifs is 4. The van der Waals surface area contributed by atoms with Gasteiger partial charge in [0.25, 0.3) is 5.91 Å². The predicted octanol–water partition coefficient (Wildman–Crippen LogP) is 6.98. The molecule has 10 nitrogen and oxygen atoms in total. The molecule has 1 aliphatic carbocycles. The molecule has 1 saturated carbocycles. The lowest BCUT2D eigenvalue weighted by Gasteiger charge is -2.34. The lowest BCUT2D eigenvalue weighted by molar-refractivity contribution is -0.137. The van der Waals surface area contributed by atoms with Crippen molar-refractivity contribution < 1.29 is 35.9 Å². The van der Waals surface area contributed by atoms with E-state index in [0.29, 0.717) is 32.2 Å². The highest BCUT2D eigenvalue weighted by Crippen LogP contribution is 2.48. The van der Waals surface area contributed by atoms with Crippen molar-refractivity contribution in [1.82, 2.24) is 30.2 Å². The molecule has 3 aromatic heterocycles. The Morgan fingerprint density at radius 2 is 2.00 bits per heavy atom. The number of hydrogen-bond acceptors (Lipinski definition) is 9. The fraction of sp³-hybridized carbons (Fsp3) is 0.432. The van der Waals surface area contributed by atoms with Gasteiger partial charge in [0.1, 0.15) is 29.9 Å². The van der Waals surface area contributed by atoms with Crippen molar-refractivity contribution in [2.75, 3.05) is 36.9 Å². The van der Waals surface area contributed by atoms with Crippen LogP contribution in [0.2, 0.25) is 5.02 Å². The first-order valence-electron chi connectivity index (χ1n) is 17.6. The number of nitrogens with zero attached hydrogens (tertiary/aromatic N) is 6. The average molecular weight is 773 g/mol. The maximum Gasteiger partial charge on any atom is 0.418 e. The van der Waals surface area contributed by atoms with Crippen LogP contribution in [0.5, 0.6) is 6.01 Å². The summed E-state index contributed by atoms with van der Waals surface area (Å²) in [5, 5.41) is 2.53. The first-order chi connectivity index (χ1) is 25.7. The number of piperidine rings is 1. The van der Waals surface area contributed by atoms with E-state index < -0.39 is 62.8 Å². The summed E-state index contributed by atoms with van der Waals surface area (Å²) in [4.78, 5) is 33.9. The molecule has 3 aliphatic heterocycles. The molecule has 3 N–H and O–H groups in total. The van der Waals surface area contributed by atoms with Crippen molar-refractivity contribution >= 4 is 46.1 Å². The highest BCUT2D eigenvalue weighted by atomic mass is 35.5. The van der Waals surface area contributed by atoms with Crippen molar-refractivity contribution in [2.24, 2.45) is 0 Å². The molecule has 0 spiro atoms. The smallest absolute Gasteiger partial charge is 0.418 e. The first kappa shape index (κ1) is 36.3. The van der Waals surface area contributed by atoms with E-state index in [2.05, 4.69) is 20.3 Å². The minimum absolute atomic E-state index is 0.0000694. The molecule has 54 heavy (non-hydrogen) atoms. The Labute approximate surface area is 310 Å². The number of amides is 1. The van der Waals surface area contributed by atoms with E-state index in [-0.39, 0.29) is 72.0 Å². The van der Waals surface area contributed by atoms with E-state index >= 15 is 8.78 Å². The molecule has 1 amide bonds. The van der Waals surface area contributed by atoms with Crippen LogP contribution in [0.3, 0.4) is 0 Å². The molecule has 2 bridgehead atoms. The second-order valence-corrected chi connectivity index (χ2v) is 15.1. The van der Waals surface area contributed by atoms with E-state index in [1.54, 1.807) is 18.2 Å². The quantitative estimate of drug-likeness (QED) is 0.144. The molecule has 6 heterocycles. The number of aryl methyl sites for hydroxylation is 1. The standard InChI is InChI=1S/C37H35ClF6N8O2/c1-19-11-26(45)47-31(28(19)37(42,43)44)27-24(38)13-23-30(29(27)41)48-34(54-18-36-7-4-10-51(36)16-20(39)14-36)49-32(23)52-17-35(8-6-22(52)15-35)50-33(53)25(40)12-21-5-2-3-9-46-21/h2-3,5,9,11-13,20,22H,4,6-8,10,14-18H2,1H3,(H2,45,47)(H,50,53)/b25-12-/t20?,22-,35-,36?/m0/s1. The molecule has 1 aromatic carbocycles. The van der Waals surface area contributed by atoms with Gasteiger partial charge in [0, 0.05) is 43.2 Å². The van der Waals surface area contributed by atoms with Gasteiger partial charge in [-0.25, -0.2) is 18.2 Å². The monoisotopic (exact) mass is 772 g/mol. The number of pyridine rings is 2. The summed E-state index contributed by atoms with van der Waals surface area (Å²) in [7, 11) is 0. The number of alkyl halides is 4. The molecular formula is C37H35ClF6N8O2. The molecule has 4 aliphatic rings. The van der Waals surface area contributed by atoms with Crippen molar-refractivity contribution in [3.05, 3.63) is 70.0 Å². The summed E-state index contributed by atoms with van der Waals surface area (Å²) in [5.41, 5.74) is 1.32. The van der Waals surface area contributed by atoms with E-state index in [0.717, 1.165) is 18.6 Å². The van der Waals surface area contributed by atoms with Gasteiger partial charge in [-0.05, 0) is 75.4 Å². The first-order valence-corrected chi connectivity index (χ1v) is 18.0. The van der Waals surface area contributed by atoms with Crippen LogP contribution in [-0.2, 0) is 11.0 Å². The van der Waals surface area contributed by atoms with Gasteiger partial charge < -0.3 is 20.7 Å². The molecule has 17 heteroatoms. The van der Waals surface area contributed by atoms with Crippen molar-refractivity contribution in [2.45, 2.75) is 74.9 Å². The third kappa shape index (κ3) is 6.36. The summed E-state index contributed by atoms with van der Waals surface area (Å²) < 4.78 is 96.0. The number of nitrogens with two attached hydrogens (primary N) is 1. The highest BCUT2D eigenvalue weighted by Gasteiger charge is 2.52. The highest BCUT2D eigenvalue weighted by molar-refractivity contribution is 6.34. The van der Waals surface area contributed by atoms with Crippen LogP contribution < -0.4 is 20.7 Å². The zero-order chi connectivity index (χ0) is 38.2. The number of rotatable bonds is 8. The summed E-state index contributed by atoms with van der Waals surface area (Å²) in [5.74, 6) is -3.26. The molecule has 0 radical (unpaired) electrons. The maximum atomic E-state index is 16.9.